The van der Waals surface area contributed by atoms with Crippen molar-refractivity contribution in [2.24, 2.45) is 5.73 Å². The topological polar surface area (TPSA) is 38.0 Å². The van der Waals surface area contributed by atoms with Crippen LogP contribution in [0.4, 0.5) is 5.69 Å². The summed E-state index contributed by atoms with van der Waals surface area (Å²) in [6, 6.07) is 5.43. The van der Waals surface area contributed by atoms with Gasteiger partial charge in [0.1, 0.15) is 0 Å². The predicted octanol–water partition coefficient (Wildman–Crippen LogP) is 2.75. The average Bonchev–Trinajstić information content (AvgIpc) is 2.10. The first-order chi connectivity index (χ1) is 6.25. The summed E-state index contributed by atoms with van der Waals surface area (Å²) < 4.78 is 0. The molecule has 0 bridgehead atoms. The summed E-state index contributed by atoms with van der Waals surface area (Å²) in [5.41, 5.74) is 6.15. The molecule has 1 rings (SSSR count). The minimum Gasteiger partial charge on any atom is -0.383 e. The second-order valence-electron chi connectivity index (χ2n) is 2.67. The molecule has 0 radical (unpaired) electrons. The molecule has 0 unspecified atom stereocenters. The Hall–Kier alpha value is -0.440. The van der Waals surface area contributed by atoms with Gasteiger partial charge in [-0.1, -0.05) is 29.3 Å². The van der Waals surface area contributed by atoms with Gasteiger partial charge in [0.25, 0.3) is 0 Å². The fourth-order valence-electron chi connectivity index (χ4n) is 0.982. The van der Waals surface area contributed by atoms with Crippen molar-refractivity contribution < 1.29 is 0 Å². The van der Waals surface area contributed by atoms with Crippen LogP contribution < -0.4 is 11.1 Å². The van der Waals surface area contributed by atoms with Crippen molar-refractivity contribution in [1.82, 2.24) is 0 Å². The number of para-hydroxylation sites is 1. The monoisotopic (exact) mass is 218 g/mol. The molecule has 0 saturated carbocycles. The molecule has 0 aliphatic carbocycles. The third kappa shape index (κ3) is 3.07. The molecule has 0 saturated heterocycles. The van der Waals surface area contributed by atoms with E-state index in [0.717, 1.165) is 18.7 Å². The zero-order valence-corrected chi connectivity index (χ0v) is 8.70. The van der Waals surface area contributed by atoms with Gasteiger partial charge in [-0.3, -0.25) is 0 Å². The minimum absolute atomic E-state index is 0.643. The van der Waals surface area contributed by atoms with Crippen molar-refractivity contribution in [3.8, 4) is 0 Å². The van der Waals surface area contributed by atoms with Crippen LogP contribution in [0.3, 0.4) is 0 Å². The molecule has 72 valence electrons. The standard InChI is InChI=1S/C9H12Cl2N2/c10-7-3-1-4-8(11)9(7)13-6-2-5-12/h1,3-4,13H,2,5-6,12H2. The second-order valence-corrected chi connectivity index (χ2v) is 3.48. The summed E-state index contributed by atoms with van der Waals surface area (Å²) in [4.78, 5) is 0. The van der Waals surface area contributed by atoms with Crippen molar-refractivity contribution in [3.05, 3.63) is 28.2 Å². The molecule has 13 heavy (non-hydrogen) atoms. The van der Waals surface area contributed by atoms with Crippen molar-refractivity contribution in [1.29, 1.82) is 0 Å². The van der Waals surface area contributed by atoms with Crippen molar-refractivity contribution in [2.45, 2.75) is 6.42 Å². The van der Waals surface area contributed by atoms with Crippen LogP contribution >= 0.6 is 23.2 Å². The van der Waals surface area contributed by atoms with E-state index in [1.54, 1.807) is 12.1 Å². The van der Waals surface area contributed by atoms with Gasteiger partial charge in [0.15, 0.2) is 0 Å². The molecule has 0 fully saturated rings. The summed E-state index contributed by atoms with van der Waals surface area (Å²) >= 11 is 11.9. The normalized spacial score (nSPS) is 10.1. The molecule has 0 amide bonds. The van der Waals surface area contributed by atoms with Gasteiger partial charge in [0.05, 0.1) is 15.7 Å². The number of benzene rings is 1. The molecule has 4 heteroatoms. The number of rotatable bonds is 4. The summed E-state index contributed by atoms with van der Waals surface area (Å²) in [5, 5.41) is 4.42. The first kappa shape index (κ1) is 10.6. The van der Waals surface area contributed by atoms with Crippen LogP contribution in [0.15, 0.2) is 18.2 Å². The molecular formula is C9H12Cl2N2. The number of nitrogens with two attached hydrogens (primary N) is 1. The van der Waals surface area contributed by atoms with Crippen LogP contribution in [0, 0.1) is 0 Å². The fraction of sp³-hybridized carbons (Fsp3) is 0.333. The largest absolute Gasteiger partial charge is 0.383 e. The van der Waals surface area contributed by atoms with E-state index in [4.69, 9.17) is 28.9 Å². The highest BCUT2D eigenvalue weighted by Gasteiger charge is 2.02. The molecule has 1 aromatic rings. The highest BCUT2D eigenvalue weighted by molar-refractivity contribution is 6.39. The van der Waals surface area contributed by atoms with Crippen molar-refractivity contribution >= 4 is 28.9 Å². The van der Waals surface area contributed by atoms with E-state index in [1.807, 2.05) is 6.07 Å². The summed E-state index contributed by atoms with van der Waals surface area (Å²) in [6.45, 7) is 1.45. The molecule has 1 aromatic carbocycles. The Morgan fingerprint density at radius 2 is 1.85 bits per heavy atom. The Morgan fingerprint density at radius 1 is 1.23 bits per heavy atom. The molecule has 0 spiro atoms. The number of anilines is 1. The Kier molecular flexibility index (Phi) is 4.36. The predicted molar refractivity (Wildman–Crippen MR) is 58.6 cm³/mol. The van der Waals surface area contributed by atoms with E-state index in [0.29, 0.717) is 16.6 Å². The summed E-state index contributed by atoms with van der Waals surface area (Å²) in [5.74, 6) is 0. The molecule has 3 N–H and O–H groups in total. The Labute approximate surface area is 88.0 Å². The Balaban J connectivity index is 2.64. The van der Waals surface area contributed by atoms with Crippen LogP contribution in [0.5, 0.6) is 0 Å². The third-order valence-electron chi connectivity index (χ3n) is 1.65. The first-order valence-electron chi connectivity index (χ1n) is 4.13. The molecule has 0 aliphatic heterocycles. The first-order valence-corrected chi connectivity index (χ1v) is 4.89. The highest BCUT2D eigenvalue weighted by Crippen LogP contribution is 2.29. The number of halogens is 2. The van der Waals surface area contributed by atoms with Crippen molar-refractivity contribution in [3.63, 3.8) is 0 Å². The lowest BCUT2D eigenvalue weighted by Crippen LogP contribution is -2.08. The van der Waals surface area contributed by atoms with Gasteiger partial charge in [0, 0.05) is 6.54 Å². The van der Waals surface area contributed by atoms with Gasteiger partial charge in [0.2, 0.25) is 0 Å². The zero-order chi connectivity index (χ0) is 9.68. The maximum Gasteiger partial charge on any atom is 0.0718 e. The molecular weight excluding hydrogens is 207 g/mol. The number of hydrogen-bond acceptors (Lipinski definition) is 2. The lowest BCUT2D eigenvalue weighted by atomic mass is 10.3. The summed E-state index contributed by atoms with van der Waals surface area (Å²) in [7, 11) is 0. The minimum atomic E-state index is 0.643. The molecule has 0 heterocycles. The van der Waals surface area contributed by atoms with Gasteiger partial charge < -0.3 is 11.1 Å². The maximum absolute atomic E-state index is 5.93. The lowest BCUT2D eigenvalue weighted by molar-refractivity contribution is 0.874. The van der Waals surface area contributed by atoms with E-state index in [9.17, 15) is 0 Å². The van der Waals surface area contributed by atoms with Crippen LogP contribution in [-0.2, 0) is 0 Å². The maximum atomic E-state index is 5.93. The quantitative estimate of drug-likeness (QED) is 0.764. The molecule has 0 aliphatic rings. The summed E-state index contributed by atoms with van der Waals surface area (Å²) in [6.07, 6.45) is 0.904. The fourth-order valence-corrected chi connectivity index (χ4v) is 1.51. The lowest BCUT2D eigenvalue weighted by Gasteiger charge is -2.08. The smallest absolute Gasteiger partial charge is 0.0718 e. The molecule has 0 aromatic heterocycles. The Bertz CT molecular complexity index is 256. The van der Waals surface area contributed by atoms with Gasteiger partial charge >= 0.3 is 0 Å². The van der Waals surface area contributed by atoms with Crippen LogP contribution in [-0.4, -0.2) is 13.1 Å². The van der Waals surface area contributed by atoms with Crippen LogP contribution in [0.2, 0.25) is 10.0 Å². The van der Waals surface area contributed by atoms with E-state index >= 15 is 0 Å². The van der Waals surface area contributed by atoms with Gasteiger partial charge in [-0.15, -0.1) is 0 Å². The molecule has 2 nitrogen and oxygen atoms in total. The van der Waals surface area contributed by atoms with E-state index in [1.165, 1.54) is 0 Å². The van der Waals surface area contributed by atoms with Crippen molar-refractivity contribution in [2.75, 3.05) is 18.4 Å². The number of hydrogen-bond donors (Lipinski definition) is 2. The highest BCUT2D eigenvalue weighted by atomic mass is 35.5. The van der Waals surface area contributed by atoms with Gasteiger partial charge in [-0.05, 0) is 25.1 Å². The second kappa shape index (κ2) is 5.32. The average molecular weight is 219 g/mol. The third-order valence-corrected chi connectivity index (χ3v) is 2.28. The number of nitrogens with one attached hydrogen (secondary N) is 1. The Morgan fingerprint density at radius 3 is 2.38 bits per heavy atom. The van der Waals surface area contributed by atoms with Gasteiger partial charge in [-0.2, -0.15) is 0 Å². The van der Waals surface area contributed by atoms with Crippen LogP contribution in [0.1, 0.15) is 6.42 Å². The van der Waals surface area contributed by atoms with E-state index < -0.39 is 0 Å². The molecule has 0 atom stereocenters. The SMILES string of the molecule is NCCCNc1c(Cl)cccc1Cl. The zero-order valence-electron chi connectivity index (χ0n) is 7.19. The van der Waals surface area contributed by atoms with E-state index in [-0.39, 0.29) is 0 Å². The van der Waals surface area contributed by atoms with Gasteiger partial charge in [-0.25, -0.2) is 0 Å². The van der Waals surface area contributed by atoms with E-state index in [2.05, 4.69) is 5.32 Å². The van der Waals surface area contributed by atoms with Crippen LogP contribution in [0.25, 0.3) is 0 Å².